The SMILES string of the molecule is C#CC(CCCC)(COC(=O)CC)OC. The minimum Gasteiger partial charge on any atom is -0.462 e. The number of hydrogen-bond donors (Lipinski definition) is 0. The van der Waals surface area contributed by atoms with E-state index < -0.39 is 5.60 Å². The number of unbranched alkanes of at least 4 members (excludes halogenated alkanes) is 1. The number of ether oxygens (including phenoxy) is 2. The second-order valence-electron chi connectivity index (χ2n) is 3.46. The minimum absolute atomic E-state index is 0.146. The molecule has 0 fully saturated rings. The topological polar surface area (TPSA) is 35.5 Å². The van der Waals surface area contributed by atoms with Gasteiger partial charge in [-0.25, -0.2) is 0 Å². The van der Waals surface area contributed by atoms with Gasteiger partial charge in [-0.15, -0.1) is 6.42 Å². The third-order valence-corrected chi connectivity index (χ3v) is 2.34. The molecular formula is C12H20O3. The Bertz CT molecular complexity index is 230. The first-order valence-corrected chi connectivity index (χ1v) is 5.32. The number of methoxy groups -OCH3 is 1. The molecule has 1 atom stereocenters. The van der Waals surface area contributed by atoms with Crippen LogP contribution in [-0.2, 0) is 14.3 Å². The summed E-state index contributed by atoms with van der Waals surface area (Å²) in [6, 6.07) is 0. The van der Waals surface area contributed by atoms with Crippen molar-refractivity contribution in [1.29, 1.82) is 0 Å². The van der Waals surface area contributed by atoms with Gasteiger partial charge in [0.05, 0.1) is 0 Å². The molecule has 0 saturated heterocycles. The van der Waals surface area contributed by atoms with Crippen LogP contribution >= 0.6 is 0 Å². The summed E-state index contributed by atoms with van der Waals surface area (Å²) < 4.78 is 10.3. The summed E-state index contributed by atoms with van der Waals surface area (Å²) in [5, 5.41) is 0. The zero-order valence-electron chi connectivity index (χ0n) is 9.84. The van der Waals surface area contributed by atoms with E-state index in [1.165, 1.54) is 0 Å². The van der Waals surface area contributed by atoms with Crippen molar-refractivity contribution in [3.8, 4) is 12.3 Å². The van der Waals surface area contributed by atoms with Crippen LogP contribution in [0.4, 0.5) is 0 Å². The van der Waals surface area contributed by atoms with E-state index in [1.807, 2.05) is 0 Å². The second-order valence-corrected chi connectivity index (χ2v) is 3.46. The zero-order chi connectivity index (χ0) is 11.7. The molecule has 3 heteroatoms. The minimum atomic E-state index is -0.749. The van der Waals surface area contributed by atoms with Crippen LogP contribution in [0, 0.1) is 12.3 Å². The Hall–Kier alpha value is -1.01. The van der Waals surface area contributed by atoms with Crippen LogP contribution in [0.3, 0.4) is 0 Å². The third-order valence-electron chi connectivity index (χ3n) is 2.34. The average molecular weight is 212 g/mol. The average Bonchev–Trinajstić information content (AvgIpc) is 2.30. The standard InChI is InChI=1S/C12H20O3/c1-5-8-9-12(7-3,14-4)10-15-11(13)6-2/h3H,5-6,8-10H2,1-2,4H3. The summed E-state index contributed by atoms with van der Waals surface area (Å²) in [7, 11) is 1.55. The van der Waals surface area contributed by atoms with Crippen molar-refractivity contribution < 1.29 is 14.3 Å². The van der Waals surface area contributed by atoms with Crippen LogP contribution in [0.2, 0.25) is 0 Å². The van der Waals surface area contributed by atoms with Gasteiger partial charge in [-0.3, -0.25) is 4.79 Å². The maximum Gasteiger partial charge on any atom is 0.305 e. The molecule has 0 aliphatic rings. The van der Waals surface area contributed by atoms with Gasteiger partial charge in [0.15, 0.2) is 5.60 Å². The van der Waals surface area contributed by atoms with Crippen LogP contribution < -0.4 is 0 Å². The molecule has 86 valence electrons. The summed E-state index contributed by atoms with van der Waals surface area (Å²) in [6.07, 6.45) is 8.49. The summed E-state index contributed by atoms with van der Waals surface area (Å²) in [5.41, 5.74) is -0.749. The highest BCUT2D eigenvalue weighted by Gasteiger charge is 2.28. The fraction of sp³-hybridized carbons (Fsp3) is 0.750. The number of terminal acetylenes is 1. The van der Waals surface area contributed by atoms with Gasteiger partial charge in [0.1, 0.15) is 6.61 Å². The van der Waals surface area contributed by atoms with Crippen molar-refractivity contribution in [3.05, 3.63) is 0 Å². The van der Waals surface area contributed by atoms with E-state index in [4.69, 9.17) is 15.9 Å². The molecule has 15 heavy (non-hydrogen) atoms. The van der Waals surface area contributed by atoms with Crippen molar-refractivity contribution in [2.24, 2.45) is 0 Å². The van der Waals surface area contributed by atoms with Crippen LogP contribution in [0.15, 0.2) is 0 Å². The van der Waals surface area contributed by atoms with Crippen LogP contribution in [-0.4, -0.2) is 25.3 Å². The van der Waals surface area contributed by atoms with Crippen molar-refractivity contribution >= 4 is 5.97 Å². The Kier molecular flexibility index (Phi) is 6.81. The van der Waals surface area contributed by atoms with Gasteiger partial charge < -0.3 is 9.47 Å². The molecule has 0 aliphatic heterocycles. The molecule has 0 N–H and O–H groups in total. The summed E-state index contributed by atoms with van der Waals surface area (Å²) in [5.74, 6) is 2.33. The van der Waals surface area contributed by atoms with E-state index >= 15 is 0 Å². The van der Waals surface area contributed by atoms with Gasteiger partial charge >= 0.3 is 5.97 Å². The summed E-state index contributed by atoms with van der Waals surface area (Å²) >= 11 is 0. The van der Waals surface area contributed by atoms with Crippen LogP contribution in [0.1, 0.15) is 39.5 Å². The molecule has 0 rings (SSSR count). The molecule has 0 bridgehead atoms. The van der Waals surface area contributed by atoms with E-state index in [2.05, 4.69) is 12.8 Å². The Labute approximate surface area is 92.1 Å². The van der Waals surface area contributed by atoms with E-state index in [9.17, 15) is 4.79 Å². The maximum absolute atomic E-state index is 11.0. The number of carbonyl (C=O) groups excluding carboxylic acids is 1. The fourth-order valence-electron chi connectivity index (χ4n) is 1.17. The Morgan fingerprint density at radius 1 is 1.47 bits per heavy atom. The van der Waals surface area contributed by atoms with Gasteiger partial charge in [-0.05, 0) is 12.8 Å². The van der Waals surface area contributed by atoms with Gasteiger partial charge in [0, 0.05) is 13.5 Å². The van der Waals surface area contributed by atoms with E-state index in [0.29, 0.717) is 12.8 Å². The van der Waals surface area contributed by atoms with Crippen molar-refractivity contribution in [3.63, 3.8) is 0 Å². The van der Waals surface area contributed by atoms with E-state index in [-0.39, 0.29) is 12.6 Å². The maximum atomic E-state index is 11.0. The first-order chi connectivity index (χ1) is 7.14. The van der Waals surface area contributed by atoms with Crippen LogP contribution in [0.5, 0.6) is 0 Å². The van der Waals surface area contributed by atoms with E-state index in [0.717, 1.165) is 12.8 Å². The second kappa shape index (κ2) is 7.30. The smallest absolute Gasteiger partial charge is 0.305 e. The largest absolute Gasteiger partial charge is 0.462 e. The number of esters is 1. The fourth-order valence-corrected chi connectivity index (χ4v) is 1.17. The molecule has 0 aromatic rings. The molecule has 0 aliphatic carbocycles. The Morgan fingerprint density at radius 3 is 2.53 bits per heavy atom. The number of hydrogen-bond acceptors (Lipinski definition) is 3. The Balaban J connectivity index is 4.25. The molecule has 0 amide bonds. The van der Waals surface area contributed by atoms with Gasteiger partial charge in [0.25, 0.3) is 0 Å². The van der Waals surface area contributed by atoms with E-state index in [1.54, 1.807) is 14.0 Å². The summed E-state index contributed by atoms with van der Waals surface area (Å²) in [6.45, 7) is 3.97. The first-order valence-electron chi connectivity index (χ1n) is 5.32. The van der Waals surface area contributed by atoms with Crippen molar-refractivity contribution in [2.75, 3.05) is 13.7 Å². The monoisotopic (exact) mass is 212 g/mol. The van der Waals surface area contributed by atoms with Crippen molar-refractivity contribution in [1.82, 2.24) is 0 Å². The lowest BCUT2D eigenvalue weighted by Crippen LogP contribution is -2.36. The quantitative estimate of drug-likeness (QED) is 0.479. The molecule has 0 aromatic carbocycles. The molecule has 0 heterocycles. The van der Waals surface area contributed by atoms with Gasteiger partial charge in [0.2, 0.25) is 0 Å². The Morgan fingerprint density at radius 2 is 2.13 bits per heavy atom. The number of rotatable bonds is 7. The summed E-state index contributed by atoms with van der Waals surface area (Å²) in [4.78, 5) is 11.0. The van der Waals surface area contributed by atoms with Gasteiger partial charge in [-0.1, -0.05) is 26.2 Å². The molecule has 0 radical (unpaired) electrons. The predicted octanol–water partition coefficient (Wildman–Crippen LogP) is 2.15. The lowest BCUT2D eigenvalue weighted by Gasteiger charge is -2.26. The first kappa shape index (κ1) is 14.0. The third kappa shape index (κ3) is 4.85. The molecule has 3 nitrogen and oxygen atoms in total. The van der Waals surface area contributed by atoms with Crippen LogP contribution in [0.25, 0.3) is 0 Å². The van der Waals surface area contributed by atoms with Gasteiger partial charge in [-0.2, -0.15) is 0 Å². The highest BCUT2D eigenvalue weighted by molar-refractivity contribution is 5.68. The lowest BCUT2D eigenvalue weighted by molar-refractivity contribution is -0.150. The molecule has 0 spiro atoms. The molecular weight excluding hydrogens is 192 g/mol. The molecule has 0 saturated carbocycles. The normalized spacial score (nSPS) is 14.0. The zero-order valence-corrected chi connectivity index (χ0v) is 9.84. The highest BCUT2D eigenvalue weighted by Crippen LogP contribution is 2.18. The molecule has 1 unspecified atom stereocenters. The number of carbonyl (C=O) groups is 1. The molecule has 0 aromatic heterocycles. The highest BCUT2D eigenvalue weighted by atomic mass is 16.6. The lowest BCUT2D eigenvalue weighted by atomic mass is 9.98. The van der Waals surface area contributed by atoms with Crippen molar-refractivity contribution in [2.45, 2.75) is 45.1 Å². The predicted molar refractivity (Wildman–Crippen MR) is 59.3 cm³/mol.